The molecule has 0 radical (unpaired) electrons. The van der Waals surface area contributed by atoms with Crippen molar-refractivity contribution in [1.29, 1.82) is 0 Å². The molecule has 2 amide bonds. The van der Waals surface area contributed by atoms with Gasteiger partial charge in [-0.15, -0.1) is 0 Å². The van der Waals surface area contributed by atoms with Gasteiger partial charge in [0.05, 0.1) is 6.10 Å². The maximum absolute atomic E-state index is 12.1. The number of likely N-dealkylation sites (N-methyl/N-ethyl adjacent to an activating group) is 1. The smallest absolute Gasteiger partial charge is 0.319 e. The lowest BCUT2D eigenvalue weighted by Gasteiger charge is -2.19. The Morgan fingerprint density at radius 1 is 1.19 bits per heavy atom. The van der Waals surface area contributed by atoms with Gasteiger partial charge in [-0.1, -0.05) is 45.0 Å². The highest BCUT2D eigenvalue weighted by Gasteiger charge is 2.18. The summed E-state index contributed by atoms with van der Waals surface area (Å²) in [5, 5.41) is 15.9. The molecule has 0 fully saturated rings. The van der Waals surface area contributed by atoms with Gasteiger partial charge < -0.3 is 20.6 Å². The molecule has 1 heterocycles. The number of fused-ring (bicyclic) bond motifs is 1. The minimum atomic E-state index is -0.727. The van der Waals surface area contributed by atoms with Crippen LogP contribution in [0.4, 0.5) is 16.2 Å². The molecule has 144 valence electrons. The highest BCUT2D eigenvalue weighted by molar-refractivity contribution is 5.89. The Bertz CT molecular complexity index is 809. The number of aliphatic hydroxyl groups excluding tert-OH is 1. The first-order valence-corrected chi connectivity index (χ1v) is 9.41. The van der Waals surface area contributed by atoms with Crippen molar-refractivity contribution in [2.75, 3.05) is 30.4 Å². The molecule has 27 heavy (non-hydrogen) atoms. The molecule has 2 aromatic rings. The monoisotopic (exact) mass is 367 g/mol. The van der Waals surface area contributed by atoms with E-state index in [1.165, 1.54) is 16.8 Å². The molecule has 0 aliphatic carbocycles. The summed E-state index contributed by atoms with van der Waals surface area (Å²) >= 11 is 0. The van der Waals surface area contributed by atoms with Crippen LogP contribution >= 0.6 is 0 Å². The first-order valence-electron chi connectivity index (χ1n) is 9.41. The molecule has 1 aliphatic heterocycles. The molecule has 5 nitrogen and oxygen atoms in total. The molecule has 5 heteroatoms. The Balaban J connectivity index is 1.53. The van der Waals surface area contributed by atoms with Gasteiger partial charge in [-0.2, -0.15) is 0 Å². The molecule has 3 rings (SSSR count). The van der Waals surface area contributed by atoms with Crippen molar-refractivity contribution in [3.8, 4) is 0 Å². The highest BCUT2D eigenvalue weighted by Crippen LogP contribution is 2.29. The van der Waals surface area contributed by atoms with Crippen molar-refractivity contribution >= 4 is 17.4 Å². The third-order valence-corrected chi connectivity index (χ3v) is 5.08. The van der Waals surface area contributed by atoms with E-state index in [1.807, 2.05) is 42.5 Å². The first-order chi connectivity index (χ1) is 12.7. The third-order valence-electron chi connectivity index (χ3n) is 5.08. The van der Waals surface area contributed by atoms with E-state index in [0.29, 0.717) is 0 Å². The molecule has 0 saturated heterocycles. The predicted octanol–water partition coefficient (Wildman–Crippen LogP) is 3.83. The molecule has 0 aromatic heterocycles. The van der Waals surface area contributed by atoms with Gasteiger partial charge in [0.1, 0.15) is 0 Å². The molecular weight excluding hydrogens is 338 g/mol. The summed E-state index contributed by atoms with van der Waals surface area (Å²) in [7, 11) is 2.07. The summed E-state index contributed by atoms with van der Waals surface area (Å²) in [5.41, 5.74) is 5.32. The molecule has 2 aromatic carbocycles. The largest absolute Gasteiger partial charge is 0.387 e. The van der Waals surface area contributed by atoms with Crippen LogP contribution in [-0.4, -0.2) is 31.3 Å². The number of hydrogen-bond acceptors (Lipinski definition) is 3. The maximum atomic E-state index is 12.1. The van der Waals surface area contributed by atoms with Crippen molar-refractivity contribution in [2.45, 2.75) is 38.7 Å². The fourth-order valence-electron chi connectivity index (χ4n) is 3.33. The Morgan fingerprint density at radius 3 is 2.56 bits per heavy atom. The van der Waals surface area contributed by atoms with Crippen molar-refractivity contribution < 1.29 is 9.90 Å². The number of carbonyl (C=O) groups is 1. The number of benzene rings is 2. The fourth-order valence-corrected chi connectivity index (χ4v) is 3.33. The minimum Gasteiger partial charge on any atom is -0.387 e. The van der Waals surface area contributed by atoms with Gasteiger partial charge in [-0.05, 0) is 46.7 Å². The van der Waals surface area contributed by atoms with Crippen molar-refractivity contribution in [2.24, 2.45) is 0 Å². The number of rotatable bonds is 4. The van der Waals surface area contributed by atoms with Crippen LogP contribution in [0.15, 0.2) is 42.5 Å². The second kappa shape index (κ2) is 7.61. The van der Waals surface area contributed by atoms with Crippen LogP contribution < -0.4 is 15.5 Å². The second-order valence-corrected chi connectivity index (χ2v) is 8.24. The molecule has 0 spiro atoms. The van der Waals surface area contributed by atoms with Gasteiger partial charge >= 0.3 is 6.03 Å². The maximum Gasteiger partial charge on any atom is 0.319 e. The lowest BCUT2D eigenvalue weighted by Crippen LogP contribution is -2.32. The van der Waals surface area contributed by atoms with Crippen LogP contribution in [0, 0.1) is 0 Å². The zero-order valence-corrected chi connectivity index (χ0v) is 16.5. The third kappa shape index (κ3) is 4.61. The van der Waals surface area contributed by atoms with E-state index in [-0.39, 0.29) is 18.0 Å². The molecule has 1 aliphatic rings. The SMILES string of the molecule is CN1CCc2cc(C(O)CNC(=O)Nc3ccc(C(C)(C)C)cc3)ccc21. The van der Waals surface area contributed by atoms with E-state index in [9.17, 15) is 9.90 Å². The predicted molar refractivity (Wildman–Crippen MR) is 111 cm³/mol. The van der Waals surface area contributed by atoms with Gasteiger partial charge in [-0.25, -0.2) is 4.79 Å². The number of nitrogens with one attached hydrogen (secondary N) is 2. The van der Waals surface area contributed by atoms with Crippen molar-refractivity contribution in [3.05, 3.63) is 59.2 Å². The average molecular weight is 367 g/mol. The first kappa shape index (κ1) is 19.2. The molecular formula is C22H29N3O2. The van der Waals surface area contributed by atoms with E-state index in [2.05, 4.69) is 43.4 Å². The van der Waals surface area contributed by atoms with Gasteiger partial charge in [0.25, 0.3) is 0 Å². The summed E-state index contributed by atoms with van der Waals surface area (Å²) in [4.78, 5) is 14.3. The Hall–Kier alpha value is -2.53. The van der Waals surface area contributed by atoms with Crippen LogP contribution in [0.2, 0.25) is 0 Å². The zero-order valence-electron chi connectivity index (χ0n) is 16.5. The van der Waals surface area contributed by atoms with Crippen LogP contribution in [0.25, 0.3) is 0 Å². The number of urea groups is 1. The summed E-state index contributed by atoms with van der Waals surface area (Å²) in [5.74, 6) is 0. The van der Waals surface area contributed by atoms with Gasteiger partial charge in [-0.3, -0.25) is 0 Å². The van der Waals surface area contributed by atoms with E-state index in [4.69, 9.17) is 0 Å². The van der Waals surface area contributed by atoms with E-state index >= 15 is 0 Å². The van der Waals surface area contributed by atoms with Crippen LogP contribution in [0.3, 0.4) is 0 Å². The second-order valence-electron chi connectivity index (χ2n) is 8.24. The zero-order chi connectivity index (χ0) is 19.6. The summed E-state index contributed by atoms with van der Waals surface area (Å²) in [6.45, 7) is 7.63. The summed E-state index contributed by atoms with van der Waals surface area (Å²) in [6, 6.07) is 13.5. The van der Waals surface area contributed by atoms with Crippen LogP contribution in [0.5, 0.6) is 0 Å². The number of aliphatic hydroxyl groups is 1. The van der Waals surface area contributed by atoms with Gasteiger partial charge in [0.2, 0.25) is 0 Å². The standard InChI is InChI=1S/C22H29N3O2/c1-22(2,3)17-6-8-18(9-7-17)24-21(27)23-14-20(26)16-5-10-19-15(13-16)11-12-25(19)4/h5-10,13,20,26H,11-12,14H2,1-4H3,(H2,23,24,27). The number of amides is 2. The lowest BCUT2D eigenvalue weighted by molar-refractivity contribution is 0.175. The van der Waals surface area contributed by atoms with Gasteiger partial charge in [0.15, 0.2) is 0 Å². The highest BCUT2D eigenvalue weighted by atomic mass is 16.3. The Kier molecular flexibility index (Phi) is 5.42. The normalized spacial score (nSPS) is 14.6. The quantitative estimate of drug-likeness (QED) is 0.769. The van der Waals surface area contributed by atoms with E-state index < -0.39 is 6.10 Å². The van der Waals surface area contributed by atoms with Gasteiger partial charge in [0, 0.05) is 31.5 Å². The van der Waals surface area contributed by atoms with E-state index in [1.54, 1.807) is 0 Å². The molecule has 1 atom stereocenters. The van der Waals surface area contributed by atoms with Crippen LogP contribution in [0.1, 0.15) is 43.6 Å². The molecule has 3 N–H and O–H groups in total. The molecule has 1 unspecified atom stereocenters. The Morgan fingerprint density at radius 2 is 1.89 bits per heavy atom. The Labute approximate surface area is 161 Å². The van der Waals surface area contributed by atoms with Crippen molar-refractivity contribution in [3.63, 3.8) is 0 Å². The number of hydrogen-bond donors (Lipinski definition) is 3. The molecule has 0 bridgehead atoms. The van der Waals surface area contributed by atoms with E-state index in [0.717, 1.165) is 24.2 Å². The molecule has 0 saturated carbocycles. The lowest BCUT2D eigenvalue weighted by atomic mass is 9.87. The summed E-state index contributed by atoms with van der Waals surface area (Å²) in [6.07, 6.45) is 0.264. The topological polar surface area (TPSA) is 64.6 Å². The number of nitrogens with zero attached hydrogens (tertiary/aromatic N) is 1. The number of anilines is 2. The fraction of sp³-hybridized carbons (Fsp3) is 0.409. The van der Waals surface area contributed by atoms with Crippen molar-refractivity contribution in [1.82, 2.24) is 5.32 Å². The average Bonchev–Trinajstić information content (AvgIpc) is 3.00. The minimum absolute atomic E-state index is 0.0789. The summed E-state index contributed by atoms with van der Waals surface area (Å²) < 4.78 is 0. The number of carbonyl (C=O) groups excluding carboxylic acids is 1. The van der Waals surface area contributed by atoms with Crippen LogP contribution in [-0.2, 0) is 11.8 Å².